The number of primary amides is 1. The third-order valence-electron chi connectivity index (χ3n) is 4.43. The molecule has 0 aromatic heterocycles. The summed E-state index contributed by atoms with van der Waals surface area (Å²) in [5.74, 6) is -1.22. The largest absolute Gasteiger partial charge is 0.369 e. The number of thioether (sulfide) groups is 1. The fourth-order valence-corrected chi connectivity index (χ4v) is 4.06. The highest BCUT2D eigenvalue weighted by Crippen LogP contribution is 2.29. The van der Waals surface area contributed by atoms with Crippen molar-refractivity contribution in [3.05, 3.63) is 24.3 Å². The number of rotatable bonds is 10. The standard InChI is InChI=1S/C19H26N4O4S/c1-3-9-19(10-4-2)17(26)23(18(27)22-19)11-16(25)21-13-7-5-6-8-14(13)28-12-15(20)24/h5-8H,3-4,9-12H2,1-2H3,(H2,20,24)(H,21,25)(H,22,27). The van der Waals surface area contributed by atoms with Gasteiger partial charge >= 0.3 is 6.03 Å². The van der Waals surface area contributed by atoms with Crippen LogP contribution in [0.5, 0.6) is 0 Å². The first-order chi connectivity index (χ1) is 13.3. The van der Waals surface area contributed by atoms with Crippen LogP contribution in [0.4, 0.5) is 10.5 Å². The Bertz CT molecular complexity index is 762. The molecule has 4 N–H and O–H groups in total. The molecule has 8 nitrogen and oxygen atoms in total. The molecule has 1 aliphatic heterocycles. The first-order valence-corrected chi connectivity index (χ1v) is 10.3. The van der Waals surface area contributed by atoms with E-state index in [9.17, 15) is 19.2 Å². The zero-order valence-electron chi connectivity index (χ0n) is 16.1. The van der Waals surface area contributed by atoms with Crippen LogP contribution in [0.15, 0.2) is 29.2 Å². The molecule has 1 heterocycles. The molecule has 0 atom stereocenters. The first kappa shape index (κ1) is 21.7. The molecular weight excluding hydrogens is 380 g/mol. The molecular formula is C19H26N4O4S. The van der Waals surface area contributed by atoms with Gasteiger partial charge in [0.05, 0.1) is 11.4 Å². The topological polar surface area (TPSA) is 122 Å². The fraction of sp³-hybridized carbons (Fsp3) is 0.474. The molecule has 5 amide bonds. The minimum atomic E-state index is -0.921. The molecule has 2 rings (SSSR count). The summed E-state index contributed by atoms with van der Waals surface area (Å²) in [5.41, 5.74) is 4.75. The lowest BCUT2D eigenvalue weighted by molar-refractivity contribution is -0.134. The lowest BCUT2D eigenvalue weighted by atomic mass is 9.88. The van der Waals surface area contributed by atoms with Crippen LogP contribution in [0.2, 0.25) is 0 Å². The zero-order chi connectivity index (χ0) is 20.7. The molecule has 1 aromatic carbocycles. The van der Waals surface area contributed by atoms with Crippen molar-refractivity contribution in [1.29, 1.82) is 0 Å². The Morgan fingerprint density at radius 1 is 1.18 bits per heavy atom. The number of hydrogen-bond acceptors (Lipinski definition) is 5. The van der Waals surface area contributed by atoms with E-state index in [0.29, 0.717) is 23.4 Å². The molecule has 0 radical (unpaired) electrons. The highest BCUT2D eigenvalue weighted by atomic mass is 32.2. The maximum absolute atomic E-state index is 12.9. The molecule has 0 saturated carbocycles. The number of para-hydroxylation sites is 1. The van der Waals surface area contributed by atoms with Gasteiger partial charge in [0.1, 0.15) is 12.1 Å². The van der Waals surface area contributed by atoms with Gasteiger partial charge in [0.2, 0.25) is 11.8 Å². The molecule has 0 unspecified atom stereocenters. The summed E-state index contributed by atoms with van der Waals surface area (Å²) < 4.78 is 0. The van der Waals surface area contributed by atoms with Crippen molar-refractivity contribution >= 4 is 41.2 Å². The summed E-state index contributed by atoms with van der Waals surface area (Å²) >= 11 is 1.20. The maximum Gasteiger partial charge on any atom is 0.325 e. The number of benzene rings is 1. The van der Waals surface area contributed by atoms with Gasteiger partial charge in [0.25, 0.3) is 5.91 Å². The zero-order valence-corrected chi connectivity index (χ0v) is 16.9. The Morgan fingerprint density at radius 3 is 2.43 bits per heavy atom. The van der Waals surface area contributed by atoms with Crippen LogP contribution in [-0.2, 0) is 14.4 Å². The van der Waals surface area contributed by atoms with Crippen LogP contribution < -0.4 is 16.4 Å². The summed E-state index contributed by atoms with van der Waals surface area (Å²) in [6, 6.07) is 6.42. The van der Waals surface area contributed by atoms with Crippen LogP contribution in [0, 0.1) is 0 Å². The molecule has 0 spiro atoms. The molecule has 1 aromatic rings. The van der Waals surface area contributed by atoms with E-state index in [1.807, 2.05) is 13.8 Å². The minimum Gasteiger partial charge on any atom is -0.369 e. The van der Waals surface area contributed by atoms with Gasteiger partial charge in [0, 0.05) is 4.90 Å². The summed E-state index contributed by atoms with van der Waals surface area (Å²) in [7, 11) is 0. The van der Waals surface area contributed by atoms with E-state index in [2.05, 4.69) is 10.6 Å². The number of nitrogens with two attached hydrogens (primary N) is 1. The monoisotopic (exact) mass is 406 g/mol. The van der Waals surface area contributed by atoms with Crippen molar-refractivity contribution in [3.8, 4) is 0 Å². The molecule has 9 heteroatoms. The Balaban J connectivity index is 2.08. The van der Waals surface area contributed by atoms with E-state index in [-0.39, 0.29) is 18.2 Å². The number of nitrogens with zero attached hydrogens (tertiary/aromatic N) is 1. The van der Waals surface area contributed by atoms with Gasteiger partial charge in [-0.05, 0) is 25.0 Å². The third kappa shape index (κ3) is 5.03. The van der Waals surface area contributed by atoms with Crippen molar-refractivity contribution < 1.29 is 19.2 Å². The van der Waals surface area contributed by atoms with Crippen molar-refractivity contribution in [2.24, 2.45) is 5.73 Å². The average molecular weight is 407 g/mol. The molecule has 1 aliphatic rings. The number of hydrogen-bond donors (Lipinski definition) is 3. The summed E-state index contributed by atoms with van der Waals surface area (Å²) in [5, 5.41) is 5.49. The van der Waals surface area contributed by atoms with Crippen molar-refractivity contribution in [2.75, 3.05) is 17.6 Å². The van der Waals surface area contributed by atoms with Gasteiger partial charge < -0.3 is 16.4 Å². The molecule has 0 aliphatic carbocycles. The Morgan fingerprint density at radius 2 is 1.82 bits per heavy atom. The quantitative estimate of drug-likeness (QED) is 0.406. The van der Waals surface area contributed by atoms with E-state index in [0.717, 1.165) is 17.7 Å². The van der Waals surface area contributed by atoms with Gasteiger partial charge in [-0.1, -0.05) is 38.8 Å². The Labute approximate surface area is 168 Å². The van der Waals surface area contributed by atoms with E-state index in [1.165, 1.54) is 11.8 Å². The summed E-state index contributed by atoms with van der Waals surface area (Å²) in [4.78, 5) is 50.3. The van der Waals surface area contributed by atoms with E-state index < -0.39 is 23.4 Å². The van der Waals surface area contributed by atoms with Crippen molar-refractivity contribution in [2.45, 2.75) is 50.0 Å². The fourth-order valence-electron chi connectivity index (χ4n) is 3.32. The number of anilines is 1. The molecule has 152 valence electrons. The van der Waals surface area contributed by atoms with Crippen molar-refractivity contribution in [3.63, 3.8) is 0 Å². The molecule has 0 bridgehead atoms. The number of imide groups is 1. The number of carbonyl (C=O) groups is 4. The third-order valence-corrected chi connectivity index (χ3v) is 5.53. The molecule has 28 heavy (non-hydrogen) atoms. The summed E-state index contributed by atoms with van der Waals surface area (Å²) in [6.07, 6.45) is 2.57. The molecule has 1 fully saturated rings. The smallest absolute Gasteiger partial charge is 0.325 e. The lowest BCUT2D eigenvalue weighted by Crippen LogP contribution is -2.47. The minimum absolute atomic E-state index is 0.0798. The second-order valence-corrected chi connectivity index (χ2v) is 7.72. The van der Waals surface area contributed by atoms with Gasteiger partial charge in [-0.25, -0.2) is 4.79 Å². The second-order valence-electron chi connectivity index (χ2n) is 6.70. The predicted molar refractivity (Wildman–Crippen MR) is 108 cm³/mol. The number of nitrogens with one attached hydrogen (secondary N) is 2. The van der Waals surface area contributed by atoms with Crippen molar-refractivity contribution in [1.82, 2.24) is 10.2 Å². The van der Waals surface area contributed by atoms with E-state index in [1.54, 1.807) is 24.3 Å². The second kappa shape index (κ2) is 9.59. The van der Waals surface area contributed by atoms with Gasteiger partial charge in [-0.2, -0.15) is 0 Å². The van der Waals surface area contributed by atoms with Crippen LogP contribution >= 0.6 is 11.8 Å². The average Bonchev–Trinajstić information content (AvgIpc) is 2.86. The number of urea groups is 1. The van der Waals surface area contributed by atoms with Crippen LogP contribution in [0.25, 0.3) is 0 Å². The van der Waals surface area contributed by atoms with E-state index >= 15 is 0 Å². The van der Waals surface area contributed by atoms with Crippen LogP contribution in [-0.4, -0.2) is 46.5 Å². The maximum atomic E-state index is 12.9. The number of amides is 5. The van der Waals surface area contributed by atoms with Crippen LogP contribution in [0.1, 0.15) is 39.5 Å². The highest BCUT2D eigenvalue weighted by molar-refractivity contribution is 8.00. The SMILES string of the molecule is CCCC1(CCC)NC(=O)N(CC(=O)Nc2ccccc2SCC(N)=O)C1=O. The van der Waals surface area contributed by atoms with Gasteiger partial charge in [-0.3, -0.25) is 19.3 Å². The Kier molecular flexibility index (Phi) is 7.45. The Hall–Kier alpha value is -2.55. The first-order valence-electron chi connectivity index (χ1n) is 9.27. The molecule has 1 saturated heterocycles. The highest BCUT2D eigenvalue weighted by Gasteiger charge is 2.50. The number of carbonyl (C=O) groups excluding carboxylic acids is 4. The van der Waals surface area contributed by atoms with E-state index in [4.69, 9.17) is 5.73 Å². The van der Waals surface area contributed by atoms with Gasteiger partial charge in [-0.15, -0.1) is 11.8 Å². The lowest BCUT2D eigenvalue weighted by Gasteiger charge is -2.25. The normalized spacial score (nSPS) is 15.4. The van der Waals surface area contributed by atoms with Gasteiger partial charge in [0.15, 0.2) is 0 Å². The summed E-state index contributed by atoms with van der Waals surface area (Å²) in [6.45, 7) is 3.54. The predicted octanol–water partition coefficient (Wildman–Crippen LogP) is 2.09. The van der Waals surface area contributed by atoms with Crippen LogP contribution in [0.3, 0.4) is 0 Å².